The normalized spacial score (nSPS) is 20.4. The number of hydrogen-bond acceptors (Lipinski definition) is 4. The molecule has 1 atom stereocenters. The van der Waals surface area contributed by atoms with Crippen LogP contribution in [0.15, 0.2) is 12.4 Å². The molecule has 1 aliphatic rings. The van der Waals surface area contributed by atoms with Crippen LogP contribution in [0.2, 0.25) is 0 Å². The molecule has 1 fully saturated rings. The van der Waals surface area contributed by atoms with Crippen LogP contribution in [0.4, 0.5) is 5.82 Å². The van der Waals surface area contributed by atoms with Gasteiger partial charge in [0, 0.05) is 23.3 Å². The number of aryl methyl sites for hydroxylation is 1. The third kappa shape index (κ3) is 1.89. The second kappa shape index (κ2) is 4.42. The second-order valence-electron chi connectivity index (χ2n) is 4.42. The molecule has 0 spiro atoms. The van der Waals surface area contributed by atoms with Crippen molar-refractivity contribution in [1.29, 1.82) is 0 Å². The summed E-state index contributed by atoms with van der Waals surface area (Å²) in [5.74, 6) is 1.73. The Morgan fingerprint density at radius 2 is 2.41 bits per heavy atom. The van der Waals surface area contributed by atoms with E-state index < -0.39 is 0 Å². The van der Waals surface area contributed by atoms with Crippen molar-refractivity contribution in [3.63, 3.8) is 0 Å². The summed E-state index contributed by atoms with van der Waals surface area (Å²) in [6.07, 6.45) is 4.03. The summed E-state index contributed by atoms with van der Waals surface area (Å²) in [5, 5.41) is 1.17. The first-order valence-electron chi connectivity index (χ1n) is 5.83. The Bertz CT molecular complexity index is 540. The first-order valence-corrected chi connectivity index (χ1v) is 7.18. The summed E-state index contributed by atoms with van der Waals surface area (Å²) in [6.45, 7) is 3.16. The van der Waals surface area contributed by atoms with Gasteiger partial charge in [-0.3, -0.25) is 0 Å². The van der Waals surface area contributed by atoms with Gasteiger partial charge in [0.05, 0.1) is 5.39 Å². The fourth-order valence-electron chi connectivity index (χ4n) is 2.47. The molecule has 0 radical (unpaired) electrons. The summed E-state index contributed by atoms with van der Waals surface area (Å²) in [4.78, 5) is 13.5. The molecule has 0 amide bonds. The highest BCUT2D eigenvalue weighted by atomic mass is 35.5. The first kappa shape index (κ1) is 11.2. The largest absolute Gasteiger partial charge is 0.352 e. The molecule has 3 heterocycles. The number of halogens is 1. The van der Waals surface area contributed by atoms with Gasteiger partial charge in [0.15, 0.2) is 0 Å². The molecule has 0 aromatic carbocycles. The monoisotopic (exact) mass is 267 g/mol. The van der Waals surface area contributed by atoms with Crippen LogP contribution in [0.1, 0.15) is 17.7 Å². The van der Waals surface area contributed by atoms with Crippen molar-refractivity contribution in [1.82, 2.24) is 9.97 Å². The molecule has 2 aromatic rings. The number of hydrogen-bond donors (Lipinski definition) is 0. The maximum absolute atomic E-state index is 6.03. The van der Waals surface area contributed by atoms with E-state index in [9.17, 15) is 0 Å². The summed E-state index contributed by atoms with van der Waals surface area (Å²) < 4.78 is 0. The highest BCUT2D eigenvalue weighted by Gasteiger charge is 2.26. The molecule has 3 nitrogen and oxygen atoms in total. The molecule has 2 aromatic heterocycles. The zero-order valence-electron chi connectivity index (χ0n) is 9.69. The van der Waals surface area contributed by atoms with Gasteiger partial charge in [-0.1, -0.05) is 0 Å². The van der Waals surface area contributed by atoms with Crippen molar-refractivity contribution in [3.05, 3.63) is 17.3 Å². The molecule has 17 heavy (non-hydrogen) atoms. The van der Waals surface area contributed by atoms with Gasteiger partial charge < -0.3 is 4.90 Å². The Kier molecular flexibility index (Phi) is 2.92. The minimum atomic E-state index is 0.426. The molecule has 5 heteroatoms. The molecule has 1 unspecified atom stereocenters. The SMILES string of the molecule is Cc1cc2c(N3CCCC3CCl)ncnc2s1. The number of thiophene rings is 1. The minimum Gasteiger partial charge on any atom is -0.352 e. The van der Waals surface area contributed by atoms with Crippen molar-refractivity contribution in [3.8, 4) is 0 Å². The number of aromatic nitrogens is 2. The average Bonchev–Trinajstić information content (AvgIpc) is 2.92. The highest BCUT2D eigenvalue weighted by Crippen LogP contribution is 2.33. The first-order chi connectivity index (χ1) is 8.29. The number of rotatable bonds is 2. The quantitative estimate of drug-likeness (QED) is 0.783. The Hall–Kier alpha value is -0.870. The fraction of sp³-hybridized carbons (Fsp3) is 0.500. The van der Waals surface area contributed by atoms with Gasteiger partial charge in [-0.2, -0.15) is 0 Å². The van der Waals surface area contributed by atoms with Crippen LogP contribution < -0.4 is 4.90 Å². The smallest absolute Gasteiger partial charge is 0.141 e. The average molecular weight is 268 g/mol. The molecule has 0 saturated carbocycles. The van der Waals surface area contributed by atoms with Gasteiger partial charge in [0.1, 0.15) is 17.0 Å². The van der Waals surface area contributed by atoms with E-state index in [4.69, 9.17) is 11.6 Å². The number of alkyl halides is 1. The van der Waals surface area contributed by atoms with Crippen LogP contribution in [0.3, 0.4) is 0 Å². The predicted octanol–water partition coefficient (Wildman–Crippen LogP) is 3.21. The summed E-state index contributed by atoms with van der Waals surface area (Å²) >= 11 is 7.75. The zero-order chi connectivity index (χ0) is 11.8. The second-order valence-corrected chi connectivity index (χ2v) is 5.96. The van der Waals surface area contributed by atoms with E-state index in [-0.39, 0.29) is 0 Å². The van der Waals surface area contributed by atoms with Gasteiger partial charge in [0.25, 0.3) is 0 Å². The van der Waals surface area contributed by atoms with E-state index in [1.807, 2.05) is 0 Å². The van der Waals surface area contributed by atoms with Crippen LogP contribution in [0.5, 0.6) is 0 Å². The van der Waals surface area contributed by atoms with Gasteiger partial charge in [-0.15, -0.1) is 22.9 Å². The minimum absolute atomic E-state index is 0.426. The third-order valence-corrected chi connectivity index (χ3v) is 4.57. The molecular weight excluding hydrogens is 254 g/mol. The van der Waals surface area contributed by atoms with Crippen molar-refractivity contribution in [2.45, 2.75) is 25.8 Å². The summed E-state index contributed by atoms with van der Waals surface area (Å²) in [5.41, 5.74) is 0. The lowest BCUT2D eigenvalue weighted by molar-refractivity contribution is 0.735. The van der Waals surface area contributed by atoms with Crippen molar-refractivity contribution in [2.75, 3.05) is 17.3 Å². The lowest BCUT2D eigenvalue weighted by Crippen LogP contribution is -2.31. The maximum atomic E-state index is 6.03. The zero-order valence-corrected chi connectivity index (χ0v) is 11.3. The molecule has 0 aliphatic carbocycles. The van der Waals surface area contributed by atoms with Gasteiger partial charge in [-0.25, -0.2) is 9.97 Å². The summed E-state index contributed by atoms with van der Waals surface area (Å²) in [6, 6.07) is 2.61. The molecule has 90 valence electrons. The lowest BCUT2D eigenvalue weighted by Gasteiger charge is -2.24. The van der Waals surface area contributed by atoms with Gasteiger partial charge in [0.2, 0.25) is 0 Å². The Labute approximate surface area is 109 Å². The molecule has 1 saturated heterocycles. The fourth-order valence-corrected chi connectivity index (χ4v) is 3.63. The van der Waals surface area contributed by atoms with E-state index in [1.165, 1.54) is 16.7 Å². The maximum Gasteiger partial charge on any atom is 0.141 e. The molecular formula is C12H14ClN3S. The van der Waals surface area contributed by atoms with E-state index in [2.05, 4.69) is 27.9 Å². The Morgan fingerprint density at radius 3 is 3.24 bits per heavy atom. The van der Waals surface area contributed by atoms with Gasteiger partial charge in [-0.05, 0) is 25.8 Å². The molecule has 3 rings (SSSR count). The Balaban J connectivity index is 2.10. The van der Waals surface area contributed by atoms with Gasteiger partial charge >= 0.3 is 0 Å². The van der Waals surface area contributed by atoms with Crippen LogP contribution in [0.25, 0.3) is 10.2 Å². The van der Waals surface area contributed by atoms with Crippen LogP contribution in [0, 0.1) is 6.92 Å². The Morgan fingerprint density at radius 1 is 1.53 bits per heavy atom. The number of anilines is 1. The molecule has 0 bridgehead atoms. The third-order valence-electron chi connectivity index (χ3n) is 3.26. The highest BCUT2D eigenvalue weighted by molar-refractivity contribution is 7.18. The van der Waals surface area contributed by atoms with E-state index in [0.29, 0.717) is 11.9 Å². The van der Waals surface area contributed by atoms with Crippen molar-refractivity contribution < 1.29 is 0 Å². The lowest BCUT2D eigenvalue weighted by atomic mass is 10.2. The van der Waals surface area contributed by atoms with E-state index >= 15 is 0 Å². The van der Waals surface area contributed by atoms with E-state index in [1.54, 1.807) is 17.7 Å². The number of fused-ring (bicyclic) bond motifs is 1. The van der Waals surface area contributed by atoms with E-state index in [0.717, 1.165) is 23.6 Å². The van der Waals surface area contributed by atoms with Crippen molar-refractivity contribution >= 4 is 39.0 Å². The van der Waals surface area contributed by atoms with Crippen LogP contribution in [-0.4, -0.2) is 28.4 Å². The topological polar surface area (TPSA) is 29.0 Å². The summed E-state index contributed by atoms with van der Waals surface area (Å²) in [7, 11) is 0. The predicted molar refractivity (Wildman–Crippen MR) is 73.2 cm³/mol. The van der Waals surface area contributed by atoms with Crippen molar-refractivity contribution in [2.24, 2.45) is 0 Å². The van der Waals surface area contributed by atoms with Crippen LogP contribution >= 0.6 is 22.9 Å². The standard InChI is InChI=1S/C12H14ClN3S/c1-8-5-10-11(14-7-15-12(10)17-8)16-4-2-3-9(16)6-13/h5,7,9H,2-4,6H2,1H3. The molecule has 1 aliphatic heterocycles. The molecule has 0 N–H and O–H groups in total. The van der Waals surface area contributed by atoms with Crippen LogP contribution in [-0.2, 0) is 0 Å². The number of nitrogens with zero attached hydrogens (tertiary/aromatic N) is 3.